The molecule has 5 nitrogen and oxygen atoms in total. The van der Waals surface area contributed by atoms with Crippen molar-refractivity contribution in [2.45, 2.75) is 52.7 Å². The highest BCUT2D eigenvalue weighted by Crippen LogP contribution is 2.34. The normalized spacial score (nSPS) is 12.6. The van der Waals surface area contributed by atoms with E-state index in [0.29, 0.717) is 0 Å². The first-order valence-electron chi connectivity index (χ1n) is 14.0. The third-order valence-corrected chi connectivity index (χ3v) is 8.93. The summed E-state index contributed by atoms with van der Waals surface area (Å²) < 4.78 is 28.5. The molecule has 7 heteroatoms. The van der Waals surface area contributed by atoms with Crippen LogP contribution in [0.3, 0.4) is 0 Å². The molecule has 0 bridgehead atoms. The molecule has 0 spiro atoms. The molecule has 0 amide bonds. The Kier molecular flexibility index (Phi) is 7.84. The molecule has 3 heterocycles. The molecule has 0 atom stereocenters. The van der Waals surface area contributed by atoms with E-state index in [4.69, 9.17) is 14.5 Å². The fourth-order valence-corrected chi connectivity index (χ4v) is 6.60. The number of unbranched alkanes of at least 4 members (excludes halogenated alkanes) is 1. The molecule has 40 heavy (non-hydrogen) atoms. The number of fused-ring (bicyclic) bond motifs is 2. The Morgan fingerprint density at radius 1 is 1.00 bits per heavy atom. The van der Waals surface area contributed by atoms with Gasteiger partial charge in [-0.25, -0.2) is 9.37 Å². The molecule has 0 N–H and O–H groups in total. The summed E-state index contributed by atoms with van der Waals surface area (Å²) in [4.78, 5) is 8.75. The van der Waals surface area contributed by atoms with Crippen LogP contribution in [0.1, 0.15) is 41.5 Å². The third kappa shape index (κ3) is 5.62. The number of imidazole rings is 1. The first-order chi connectivity index (χ1) is 19.6. The van der Waals surface area contributed by atoms with Crippen LogP contribution in [0.2, 0.25) is 0 Å². The molecule has 1 aliphatic rings. The van der Waals surface area contributed by atoms with Crippen molar-refractivity contribution in [2.75, 3.05) is 13.3 Å². The minimum atomic E-state index is -0.234. The SMILES string of the molecule is CCCCn1c(CN(CCc2sc3ccccc3c2C)Cc2ccc3c(c2)OCO3)cnc1-c1ccc(F)cc1. The molecule has 0 saturated carbocycles. The van der Waals surface area contributed by atoms with Gasteiger partial charge >= 0.3 is 0 Å². The first-order valence-corrected chi connectivity index (χ1v) is 14.8. The topological polar surface area (TPSA) is 39.5 Å². The van der Waals surface area contributed by atoms with Gasteiger partial charge in [0.15, 0.2) is 11.5 Å². The van der Waals surface area contributed by atoms with Crippen LogP contribution in [0.25, 0.3) is 21.5 Å². The van der Waals surface area contributed by atoms with Crippen molar-refractivity contribution in [3.63, 3.8) is 0 Å². The number of halogens is 1. The van der Waals surface area contributed by atoms with E-state index in [-0.39, 0.29) is 12.6 Å². The molecular formula is C33H34FN3O2S. The van der Waals surface area contributed by atoms with Gasteiger partial charge in [0.2, 0.25) is 6.79 Å². The van der Waals surface area contributed by atoms with Gasteiger partial charge in [-0.3, -0.25) is 4.90 Å². The summed E-state index contributed by atoms with van der Waals surface area (Å²) >= 11 is 1.90. The average Bonchev–Trinajstić information content (AvgIpc) is 3.68. The average molecular weight is 556 g/mol. The van der Waals surface area contributed by atoms with Crippen molar-refractivity contribution in [2.24, 2.45) is 0 Å². The first kappa shape index (κ1) is 26.5. The Labute approximate surface area is 238 Å². The second-order valence-corrected chi connectivity index (χ2v) is 11.5. The fourth-order valence-electron chi connectivity index (χ4n) is 5.40. The molecule has 5 aromatic rings. The number of hydrogen-bond donors (Lipinski definition) is 0. The second-order valence-electron chi connectivity index (χ2n) is 10.4. The Hall–Kier alpha value is -3.68. The second kappa shape index (κ2) is 11.8. The minimum Gasteiger partial charge on any atom is -0.454 e. The molecule has 0 fully saturated rings. The quantitative estimate of drug-likeness (QED) is 0.166. The van der Waals surface area contributed by atoms with E-state index in [9.17, 15) is 4.39 Å². The van der Waals surface area contributed by atoms with Gasteiger partial charge in [-0.05, 0) is 78.7 Å². The highest BCUT2D eigenvalue weighted by atomic mass is 32.1. The summed E-state index contributed by atoms with van der Waals surface area (Å²) in [5.41, 5.74) is 4.68. The molecular weight excluding hydrogens is 521 g/mol. The number of hydrogen-bond acceptors (Lipinski definition) is 5. The summed E-state index contributed by atoms with van der Waals surface area (Å²) in [6.45, 7) is 8.05. The molecule has 206 valence electrons. The largest absolute Gasteiger partial charge is 0.454 e. The number of ether oxygens (including phenoxy) is 2. The summed E-state index contributed by atoms with van der Waals surface area (Å²) in [7, 11) is 0. The van der Waals surface area contributed by atoms with E-state index >= 15 is 0 Å². The summed E-state index contributed by atoms with van der Waals surface area (Å²) in [5, 5.41) is 1.35. The van der Waals surface area contributed by atoms with E-state index in [1.54, 1.807) is 0 Å². The van der Waals surface area contributed by atoms with Crippen LogP contribution < -0.4 is 9.47 Å². The van der Waals surface area contributed by atoms with Gasteiger partial charge in [-0.2, -0.15) is 0 Å². The maximum atomic E-state index is 13.6. The van der Waals surface area contributed by atoms with E-state index in [1.165, 1.54) is 43.9 Å². The predicted molar refractivity (Wildman–Crippen MR) is 159 cm³/mol. The zero-order valence-electron chi connectivity index (χ0n) is 23.0. The maximum Gasteiger partial charge on any atom is 0.231 e. The van der Waals surface area contributed by atoms with Crippen molar-refractivity contribution in [1.82, 2.24) is 14.5 Å². The van der Waals surface area contributed by atoms with Crippen LogP contribution in [0.4, 0.5) is 4.39 Å². The molecule has 0 radical (unpaired) electrons. The molecule has 2 aromatic heterocycles. The Morgan fingerprint density at radius 3 is 2.65 bits per heavy atom. The number of nitrogens with zero attached hydrogens (tertiary/aromatic N) is 3. The molecule has 0 unspecified atom stereocenters. The van der Waals surface area contributed by atoms with Crippen molar-refractivity contribution in [3.05, 3.63) is 100 Å². The van der Waals surface area contributed by atoms with Crippen molar-refractivity contribution < 1.29 is 13.9 Å². The molecule has 6 rings (SSSR count). The van der Waals surface area contributed by atoms with E-state index in [0.717, 1.165) is 68.3 Å². The summed E-state index contributed by atoms with van der Waals surface area (Å²) in [5.74, 6) is 2.27. The molecule has 0 saturated heterocycles. The lowest BCUT2D eigenvalue weighted by Crippen LogP contribution is -2.26. The van der Waals surface area contributed by atoms with Crippen LogP contribution in [0.15, 0.2) is 72.9 Å². The van der Waals surface area contributed by atoms with Crippen molar-refractivity contribution in [3.8, 4) is 22.9 Å². The monoisotopic (exact) mass is 555 g/mol. The zero-order chi connectivity index (χ0) is 27.5. The van der Waals surface area contributed by atoms with E-state index in [2.05, 4.69) is 59.7 Å². The third-order valence-electron chi connectivity index (χ3n) is 7.60. The molecule has 0 aliphatic carbocycles. The van der Waals surface area contributed by atoms with Crippen LogP contribution in [-0.2, 0) is 26.1 Å². The van der Waals surface area contributed by atoms with Crippen molar-refractivity contribution >= 4 is 21.4 Å². The fraction of sp³-hybridized carbons (Fsp3) is 0.303. The number of aromatic nitrogens is 2. The minimum absolute atomic E-state index is 0.234. The summed E-state index contributed by atoms with van der Waals surface area (Å²) in [6.07, 6.45) is 5.11. The van der Waals surface area contributed by atoms with Gasteiger partial charge in [-0.15, -0.1) is 11.3 Å². The molecule has 3 aromatic carbocycles. The highest BCUT2D eigenvalue weighted by molar-refractivity contribution is 7.19. The van der Waals surface area contributed by atoms with Crippen LogP contribution in [0, 0.1) is 12.7 Å². The van der Waals surface area contributed by atoms with Crippen LogP contribution in [0.5, 0.6) is 11.5 Å². The van der Waals surface area contributed by atoms with E-state index in [1.807, 2.05) is 35.7 Å². The maximum absolute atomic E-state index is 13.6. The smallest absolute Gasteiger partial charge is 0.231 e. The lowest BCUT2D eigenvalue weighted by molar-refractivity contribution is 0.174. The number of benzene rings is 3. The Bertz CT molecular complexity index is 1610. The van der Waals surface area contributed by atoms with Gasteiger partial charge in [0.25, 0.3) is 0 Å². The van der Waals surface area contributed by atoms with Gasteiger partial charge in [0.05, 0.1) is 11.9 Å². The van der Waals surface area contributed by atoms with Gasteiger partial charge in [0, 0.05) is 41.3 Å². The summed E-state index contributed by atoms with van der Waals surface area (Å²) in [6, 6.07) is 21.5. The molecule has 1 aliphatic heterocycles. The van der Waals surface area contributed by atoms with Gasteiger partial charge < -0.3 is 14.0 Å². The number of thiophene rings is 1. The lowest BCUT2D eigenvalue weighted by Gasteiger charge is -2.24. The van der Waals surface area contributed by atoms with E-state index < -0.39 is 0 Å². The standard InChI is InChI=1S/C33H34FN3O2S/c1-3-4-16-37-27(19-35-33(37)25-10-12-26(34)13-11-25)21-36(20-24-9-14-29-30(18-24)39-22-38-29)17-15-31-23(2)28-7-5-6-8-32(28)40-31/h5-14,18-19H,3-4,15-17,20-22H2,1-2H3. The lowest BCUT2D eigenvalue weighted by atomic mass is 10.1. The van der Waals surface area contributed by atoms with Crippen LogP contribution in [-0.4, -0.2) is 27.8 Å². The van der Waals surface area contributed by atoms with Crippen molar-refractivity contribution in [1.29, 1.82) is 0 Å². The Balaban J connectivity index is 1.29. The van der Waals surface area contributed by atoms with Gasteiger partial charge in [-0.1, -0.05) is 37.6 Å². The van der Waals surface area contributed by atoms with Crippen LogP contribution >= 0.6 is 11.3 Å². The number of rotatable bonds is 11. The number of aryl methyl sites for hydroxylation is 1. The predicted octanol–water partition coefficient (Wildman–Crippen LogP) is 7.99. The van der Waals surface area contributed by atoms with Gasteiger partial charge in [0.1, 0.15) is 11.6 Å². The highest BCUT2D eigenvalue weighted by Gasteiger charge is 2.19. The zero-order valence-corrected chi connectivity index (χ0v) is 23.8. The Morgan fingerprint density at radius 2 is 1.82 bits per heavy atom.